The fourth-order valence-electron chi connectivity index (χ4n) is 2.22. The van der Waals surface area contributed by atoms with Gasteiger partial charge in [0.25, 0.3) is 0 Å². The molecule has 2 aromatic rings. The van der Waals surface area contributed by atoms with E-state index in [2.05, 4.69) is 16.4 Å². The fraction of sp³-hybridized carbons (Fsp3) is 0.312. The lowest BCUT2D eigenvalue weighted by atomic mass is 10.1. The summed E-state index contributed by atoms with van der Waals surface area (Å²) in [5, 5.41) is 22.3. The lowest BCUT2D eigenvalue weighted by Gasteiger charge is -2.17. The third kappa shape index (κ3) is 3.29. The van der Waals surface area contributed by atoms with Crippen molar-refractivity contribution in [2.45, 2.75) is 32.2 Å². The molecule has 1 heterocycles. The first-order valence-corrected chi connectivity index (χ1v) is 6.94. The van der Waals surface area contributed by atoms with Crippen molar-refractivity contribution >= 4 is 22.6 Å². The van der Waals surface area contributed by atoms with E-state index in [9.17, 15) is 15.2 Å². The van der Waals surface area contributed by atoms with Gasteiger partial charge in [-0.3, -0.25) is 4.98 Å². The minimum Gasteiger partial charge on any atom is -0.480 e. The Balaban J connectivity index is 2.43. The number of nitrogens with zero attached hydrogens (tertiary/aromatic N) is 2. The Morgan fingerprint density at radius 3 is 2.90 bits per heavy atom. The Hall–Kier alpha value is -2.61. The Morgan fingerprint density at radius 1 is 1.48 bits per heavy atom. The van der Waals surface area contributed by atoms with Gasteiger partial charge in [-0.05, 0) is 12.5 Å². The van der Waals surface area contributed by atoms with Crippen molar-refractivity contribution in [1.82, 2.24) is 4.98 Å². The zero-order valence-corrected chi connectivity index (χ0v) is 11.8. The molecule has 1 atom stereocenters. The largest absolute Gasteiger partial charge is 0.480 e. The summed E-state index contributed by atoms with van der Waals surface area (Å²) in [5.74, 6) is -0.909. The van der Waals surface area contributed by atoms with E-state index in [1.54, 1.807) is 0 Å². The van der Waals surface area contributed by atoms with Crippen molar-refractivity contribution in [2.75, 3.05) is 5.32 Å². The topological polar surface area (TPSA) is 86.0 Å². The van der Waals surface area contributed by atoms with Crippen LogP contribution in [0.5, 0.6) is 0 Å². The average molecular weight is 283 g/mol. The summed E-state index contributed by atoms with van der Waals surface area (Å²) in [7, 11) is 0. The van der Waals surface area contributed by atoms with E-state index in [0.29, 0.717) is 17.7 Å². The monoisotopic (exact) mass is 283 g/mol. The maximum absolute atomic E-state index is 11.4. The smallest absolute Gasteiger partial charge is 0.326 e. The third-order valence-electron chi connectivity index (χ3n) is 3.36. The van der Waals surface area contributed by atoms with Crippen molar-refractivity contribution in [2.24, 2.45) is 0 Å². The van der Waals surface area contributed by atoms with E-state index < -0.39 is 12.0 Å². The average Bonchev–Trinajstić information content (AvgIpc) is 2.50. The summed E-state index contributed by atoms with van der Waals surface area (Å²) in [5.41, 5.74) is 1.64. The quantitative estimate of drug-likeness (QED) is 0.850. The maximum Gasteiger partial charge on any atom is 0.326 e. The fourth-order valence-corrected chi connectivity index (χ4v) is 2.22. The molecule has 0 saturated heterocycles. The van der Waals surface area contributed by atoms with Crippen LogP contribution in [0.2, 0.25) is 0 Å². The number of hydrogen-bond acceptors (Lipinski definition) is 4. The summed E-state index contributed by atoms with van der Waals surface area (Å²) in [4.78, 5) is 15.6. The normalized spacial score (nSPS) is 11.8. The second-order valence-corrected chi connectivity index (χ2v) is 4.85. The number of carbonyl (C=O) groups is 1. The van der Waals surface area contributed by atoms with Crippen molar-refractivity contribution in [3.05, 3.63) is 36.0 Å². The van der Waals surface area contributed by atoms with E-state index >= 15 is 0 Å². The maximum atomic E-state index is 11.4. The van der Waals surface area contributed by atoms with Crippen LogP contribution in [-0.2, 0) is 4.79 Å². The second kappa shape index (κ2) is 6.71. The summed E-state index contributed by atoms with van der Waals surface area (Å²) >= 11 is 0. The number of carboxylic acid groups (broad SMARTS) is 1. The highest BCUT2D eigenvalue weighted by Gasteiger charge is 2.19. The Bertz CT molecular complexity index is 691. The molecule has 5 heteroatoms. The van der Waals surface area contributed by atoms with Gasteiger partial charge in [-0.25, -0.2) is 4.79 Å². The molecule has 21 heavy (non-hydrogen) atoms. The minimum atomic E-state index is -0.909. The van der Waals surface area contributed by atoms with Crippen molar-refractivity contribution in [3.63, 3.8) is 0 Å². The molecule has 1 unspecified atom stereocenters. The molecule has 2 rings (SSSR count). The first kappa shape index (κ1) is 14.8. The van der Waals surface area contributed by atoms with Gasteiger partial charge in [0.1, 0.15) is 12.1 Å². The molecule has 0 aliphatic carbocycles. The molecule has 0 bridgehead atoms. The van der Waals surface area contributed by atoms with Gasteiger partial charge < -0.3 is 10.4 Å². The van der Waals surface area contributed by atoms with Gasteiger partial charge in [0.05, 0.1) is 16.8 Å². The molecule has 0 aliphatic heterocycles. The van der Waals surface area contributed by atoms with Crippen LogP contribution < -0.4 is 5.32 Å². The zero-order chi connectivity index (χ0) is 15.2. The molecule has 0 fully saturated rings. The molecule has 0 aliphatic rings. The summed E-state index contributed by atoms with van der Waals surface area (Å²) in [6.07, 6.45) is 3.74. The predicted octanol–water partition coefficient (Wildman–Crippen LogP) is 3.16. The number of pyridine rings is 1. The van der Waals surface area contributed by atoms with Gasteiger partial charge >= 0.3 is 5.97 Å². The number of nitriles is 1. The number of para-hydroxylation sites is 1. The molecule has 0 amide bonds. The first-order valence-electron chi connectivity index (χ1n) is 6.94. The molecule has 5 nitrogen and oxygen atoms in total. The lowest BCUT2D eigenvalue weighted by Crippen LogP contribution is -2.29. The summed E-state index contributed by atoms with van der Waals surface area (Å²) in [6.45, 7) is 2.02. The molecular formula is C16H17N3O2. The molecule has 1 aromatic heterocycles. The van der Waals surface area contributed by atoms with Crippen LogP contribution >= 0.6 is 0 Å². The molecular weight excluding hydrogens is 266 g/mol. The van der Waals surface area contributed by atoms with Crippen LogP contribution in [0.15, 0.2) is 30.5 Å². The lowest BCUT2D eigenvalue weighted by molar-refractivity contribution is -0.138. The second-order valence-electron chi connectivity index (χ2n) is 4.85. The van der Waals surface area contributed by atoms with E-state index in [0.717, 1.165) is 23.7 Å². The molecule has 0 radical (unpaired) electrons. The standard InChI is InChI=1S/C16H17N3O2/c1-2-3-7-14(16(20)21)19-15-11(9-17)10-18-13-8-5-4-6-12(13)15/h4-6,8,10,14H,2-3,7H2,1H3,(H,18,19)(H,20,21). The number of nitrogens with one attached hydrogen (secondary N) is 1. The van der Waals surface area contributed by atoms with Gasteiger partial charge in [-0.1, -0.05) is 38.0 Å². The number of benzene rings is 1. The van der Waals surface area contributed by atoms with Gasteiger partial charge in [0.2, 0.25) is 0 Å². The number of carboxylic acids is 1. The highest BCUT2D eigenvalue weighted by molar-refractivity contribution is 5.95. The SMILES string of the molecule is CCCCC(Nc1c(C#N)cnc2ccccc12)C(=O)O. The van der Waals surface area contributed by atoms with E-state index in [1.165, 1.54) is 6.20 Å². The summed E-state index contributed by atoms with van der Waals surface area (Å²) < 4.78 is 0. The number of fused-ring (bicyclic) bond motifs is 1. The van der Waals surface area contributed by atoms with Crippen LogP contribution in [0.25, 0.3) is 10.9 Å². The number of aliphatic carboxylic acids is 1. The Labute approximate surface area is 123 Å². The Morgan fingerprint density at radius 2 is 2.24 bits per heavy atom. The molecule has 0 saturated carbocycles. The van der Waals surface area contributed by atoms with Gasteiger partial charge in [-0.2, -0.15) is 5.26 Å². The van der Waals surface area contributed by atoms with Crippen LogP contribution in [0.4, 0.5) is 5.69 Å². The van der Waals surface area contributed by atoms with Gasteiger partial charge in [0.15, 0.2) is 0 Å². The van der Waals surface area contributed by atoms with Crippen LogP contribution in [0.3, 0.4) is 0 Å². The molecule has 1 aromatic carbocycles. The van der Waals surface area contributed by atoms with Crippen molar-refractivity contribution in [1.29, 1.82) is 5.26 Å². The van der Waals surface area contributed by atoms with Gasteiger partial charge in [-0.15, -0.1) is 0 Å². The molecule has 2 N–H and O–H groups in total. The van der Waals surface area contributed by atoms with Crippen molar-refractivity contribution < 1.29 is 9.90 Å². The highest BCUT2D eigenvalue weighted by atomic mass is 16.4. The van der Waals surface area contributed by atoms with E-state index in [-0.39, 0.29) is 0 Å². The number of anilines is 1. The predicted molar refractivity (Wildman–Crippen MR) is 81.0 cm³/mol. The first-order chi connectivity index (χ1) is 10.2. The van der Waals surface area contributed by atoms with Crippen LogP contribution in [0.1, 0.15) is 31.7 Å². The van der Waals surface area contributed by atoms with E-state index in [1.807, 2.05) is 31.2 Å². The molecule has 0 spiro atoms. The number of hydrogen-bond donors (Lipinski definition) is 2. The molecule has 108 valence electrons. The number of unbranched alkanes of at least 4 members (excludes halogenated alkanes) is 1. The minimum absolute atomic E-state index is 0.358. The Kier molecular flexibility index (Phi) is 4.72. The van der Waals surface area contributed by atoms with E-state index in [4.69, 9.17) is 0 Å². The van der Waals surface area contributed by atoms with Crippen LogP contribution in [-0.4, -0.2) is 22.1 Å². The van der Waals surface area contributed by atoms with Crippen molar-refractivity contribution in [3.8, 4) is 6.07 Å². The number of aromatic nitrogens is 1. The number of rotatable bonds is 6. The van der Waals surface area contributed by atoms with Crippen LogP contribution in [0, 0.1) is 11.3 Å². The highest BCUT2D eigenvalue weighted by Crippen LogP contribution is 2.26. The zero-order valence-electron chi connectivity index (χ0n) is 11.8. The van der Waals surface area contributed by atoms with Gasteiger partial charge in [0, 0.05) is 11.6 Å². The third-order valence-corrected chi connectivity index (χ3v) is 3.36. The summed E-state index contributed by atoms with van der Waals surface area (Å²) in [6, 6.07) is 8.74.